The number of amides is 4. The van der Waals surface area contributed by atoms with Gasteiger partial charge in [0.25, 0.3) is 0 Å². The van der Waals surface area contributed by atoms with Gasteiger partial charge in [-0.2, -0.15) is 0 Å². The Bertz CT molecular complexity index is 2490. The lowest BCUT2D eigenvalue weighted by Crippen LogP contribution is -2.49. The first-order chi connectivity index (χ1) is 28.5. The molecule has 0 spiro atoms. The number of aromatic nitrogens is 2. The molecule has 2 aliphatic heterocycles. The Labute approximate surface area is 356 Å². The predicted molar refractivity (Wildman–Crippen MR) is 237 cm³/mol. The van der Waals surface area contributed by atoms with E-state index in [1.807, 2.05) is 85.2 Å². The molecule has 0 unspecified atom stereocenters. The second-order valence-corrected chi connectivity index (χ2v) is 16.5. The number of halogens is 2. The Balaban J connectivity index is 1.13. The van der Waals surface area contributed by atoms with Crippen molar-refractivity contribution in [2.75, 3.05) is 52.4 Å². The third-order valence-corrected chi connectivity index (χ3v) is 13.2. The molecule has 6 aromatic rings. The summed E-state index contributed by atoms with van der Waals surface area (Å²) in [5, 5.41) is 3.15. The largest absolute Gasteiger partial charge is 0.361 e. The van der Waals surface area contributed by atoms with E-state index in [9.17, 15) is 19.2 Å². The number of fused-ring (bicyclic) bond motifs is 2. The SMILES string of the molecule is CC(=O)N1CCN(C(=O)/C=C/c2ccc(Sc3ccc(/C=C/C(=O)N4CCN(C(C)=O)CC4)c(-c4ccc5cc[nH]c5c4)c3Cl)c(Cl)c2-c2ccc3cc[nH]c3c2)CC1. The molecule has 4 heterocycles. The summed E-state index contributed by atoms with van der Waals surface area (Å²) in [6.07, 6.45) is 10.6. The minimum Gasteiger partial charge on any atom is -0.361 e. The first-order valence-electron chi connectivity index (χ1n) is 19.5. The van der Waals surface area contributed by atoms with Crippen LogP contribution in [0, 0.1) is 0 Å². The number of nitrogens with zero attached hydrogens (tertiary/aromatic N) is 4. The van der Waals surface area contributed by atoms with Crippen LogP contribution in [0.3, 0.4) is 0 Å². The molecule has 59 heavy (non-hydrogen) atoms. The Morgan fingerprint density at radius 2 is 0.932 bits per heavy atom. The number of carbonyl (C=O) groups excluding carboxylic acids is 4. The van der Waals surface area contributed by atoms with Gasteiger partial charge in [0.1, 0.15) is 0 Å². The zero-order valence-corrected chi connectivity index (χ0v) is 35.0. The number of H-pyrrole nitrogens is 2. The highest BCUT2D eigenvalue weighted by Gasteiger charge is 2.24. The number of hydrogen-bond acceptors (Lipinski definition) is 5. The van der Waals surface area contributed by atoms with E-state index in [0.29, 0.717) is 62.4 Å². The number of benzene rings is 4. The maximum absolute atomic E-state index is 13.3. The molecule has 2 N–H and O–H groups in total. The maximum Gasteiger partial charge on any atom is 0.246 e. The lowest BCUT2D eigenvalue weighted by molar-refractivity contribution is -0.135. The van der Waals surface area contributed by atoms with Crippen molar-refractivity contribution < 1.29 is 19.2 Å². The van der Waals surface area contributed by atoms with Gasteiger partial charge in [-0.25, -0.2) is 0 Å². The fraction of sp³-hybridized carbons (Fsp3) is 0.217. The maximum atomic E-state index is 13.3. The van der Waals surface area contributed by atoms with E-state index in [-0.39, 0.29) is 23.6 Å². The molecule has 0 atom stereocenters. The molecular weight excluding hydrogens is 804 g/mol. The first kappa shape index (κ1) is 40.0. The van der Waals surface area contributed by atoms with Crippen LogP contribution in [0.1, 0.15) is 25.0 Å². The number of rotatable bonds is 8. The number of aromatic amines is 2. The molecular formula is C46H42Cl2N6O4S. The van der Waals surface area contributed by atoms with E-state index in [1.165, 1.54) is 11.8 Å². The highest BCUT2D eigenvalue weighted by molar-refractivity contribution is 7.99. The summed E-state index contributed by atoms with van der Waals surface area (Å²) in [7, 11) is 0. The Hall–Kier alpha value is -5.75. The van der Waals surface area contributed by atoms with Gasteiger partial charge >= 0.3 is 0 Å². The fourth-order valence-corrected chi connectivity index (χ4v) is 9.39. The van der Waals surface area contributed by atoms with Crippen molar-refractivity contribution in [2.45, 2.75) is 23.6 Å². The number of carbonyl (C=O) groups is 4. The Kier molecular flexibility index (Phi) is 11.7. The van der Waals surface area contributed by atoms with Crippen LogP contribution in [-0.4, -0.2) is 106 Å². The molecule has 4 amide bonds. The van der Waals surface area contributed by atoms with Crippen LogP contribution in [0.2, 0.25) is 10.0 Å². The lowest BCUT2D eigenvalue weighted by atomic mass is 9.98. The number of piperazine rings is 2. The van der Waals surface area contributed by atoms with E-state index in [4.69, 9.17) is 23.2 Å². The van der Waals surface area contributed by atoms with Crippen molar-refractivity contribution in [3.8, 4) is 22.3 Å². The molecule has 0 radical (unpaired) electrons. The highest BCUT2D eigenvalue weighted by Crippen LogP contribution is 2.47. The number of nitrogens with one attached hydrogen (secondary N) is 2. The average Bonchev–Trinajstić information content (AvgIpc) is 3.93. The van der Waals surface area contributed by atoms with Crippen molar-refractivity contribution >= 4 is 92.6 Å². The molecule has 0 saturated carbocycles. The lowest BCUT2D eigenvalue weighted by Gasteiger charge is -2.33. The minimum absolute atomic E-state index is 0.0111. The monoisotopic (exact) mass is 844 g/mol. The van der Waals surface area contributed by atoms with Crippen molar-refractivity contribution in [3.63, 3.8) is 0 Å². The topological polar surface area (TPSA) is 113 Å². The van der Waals surface area contributed by atoms with Crippen LogP contribution in [0.15, 0.2) is 107 Å². The second-order valence-electron chi connectivity index (χ2n) is 14.7. The summed E-state index contributed by atoms with van der Waals surface area (Å²) in [6.45, 7) is 7.03. The van der Waals surface area contributed by atoms with Gasteiger partial charge in [-0.1, -0.05) is 71.4 Å². The van der Waals surface area contributed by atoms with Gasteiger partial charge in [0.15, 0.2) is 0 Å². The Morgan fingerprint density at radius 3 is 1.32 bits per heavy atom. The van der Waals surface area contributed by atoms with Gasteiger partial charge in [-0.3, -0.25) is 19.2 Å². The molecule has 300 valence electrons. The van der Waals surface area contributed by atoms with Gasteiger partial charge in [0.05, 0.1) is 10.0 Å². The average molecular weight is 846 g/mol. The van der Waals surface area contributed by atoms with Gasteiger partial charge < -0.3 is 29.6 Å². The molecule has 0 bridgehead atoms. The van der Waals surface area contributed by atoms with Crippen LogP contribution in [-0.2, 0) is 19.2 Å². The first-order valence-corrected chi connectivity index (χ1v) is 21.0. The molecule has 10 nitrogen and oxygen atoms in total. The zero-order valence-electron chi connectivity index (χ0n) is 32.6. The van der Waals surface area contributed by atoms with Crippen molar-refractivity contribution in [1.29, 1.82) is 0 Å². The van der Waals surface area contributed by atoms with Gasteiger partial charge in [-0.05, 0) is 81.6 Å². The summed E-state index contributed by atoms with van der Waals surface area (Å²) in [6, 6.07) is 24.1. The van der Waals surface area contributed by atoms with Crippen LogP contribution in [0.25, 0.3) is 56.2 Å². The molecule has 2 aliphatic rings. The third-order valence-electron chi connectivity index (χ3n) is 11.1. The van der Waals surface area contributed by atoms with E-state index in [0.717, 1.165) is 65.0 Å². The quantitative estimate of drug-likeness (QED) is 0.149. The standard InChI is InChI=1S/C46H42Cl2N6O4S/c1-29(55)51-19-23-53(24-20-51)41(57)13-9-33-7-11-39(45(47)43(33)35-5-3-31-15-17-49-37(31)27-35)59-40-12-8-34(10-14-42(58)54-25-21-52(22-26-54)30(2)56)44(46(40)48)36-6-4-32-16-18-50-38(32)28-36/h3-18,27-28,49-50H,19-26H2,1-2H3/b13-9+,14-10+. The molecule has 2 fully saturated rings. The van der Waals surface area contributed by atoms with E-state index >= 15 is 0 Å². The van der Waals surface area contributed by atoms with Crippen LogP contribution < -0.4 is 0 Å². The molecule has 8 rings (SSSR count). The molecule has 2 aromatic heterocycles. The van der Waals surface area contributed by atoms with Crippen molar-refractivity contribution in [2.24, 2.45) is 0 Å². The molecule has 4 aromatic carbocycles. The van der Waals surface area contributed by atoms with E-state index in [2.05, 4.69) is 22.1 Å². The van der Waals surface area contributed by atoms with Crippen molar-refractivity contribution in [3.05, 3.63) is 119 Å². The third kappa shape index (κ3) is 8.55. The highest BCUT2D eigenvalue weighted by atomic mass is 35.5. The summed E-state index contributed by atoms with van der Waals surface area (Å²) in [5.41, 5.74) is 6.78. The van der Waals surface area contributed by atoms with Gasteiger partial charge in [0.2, 0.25) is 23.6 Å². The molecule has 0 aliphatic carbocycles. The predicted octanol–water partition coefficient (Wildman–Crippen LogP) is 8.85. The zero-order chi connectivity index (χ0) is 41.2. The van der Waals surface area contributed by atoms with Crippen LogP contribution in [0.4, 0.5) is 0 Å². The Morgan fingerprint density at radius 1 is 0.542 bits per heavy atom. The van der Waals surface area contributed by atoms with Crippen molar-refractivity contribution in [1.82, 2.24) is 29.6 Å². The minimum atomic E-state index is -0.128. The van der Waals surface area contributed by atoms with Crippen LogP contribution >= 0.6 is 35.0 Å². The fourth-order valence-electron chi connectivity index (χ4n) is 7.71. The molecule has 13 heteroatoms. The van der Waals surface area contributed by atoms with Gasteiger partial charge in [-0.15, -0.1) is 0 Å². The van der Waals surface area contributed by atoms with E-state index in [1.54, 1.807) is 45.6 Å². The second kappa shape index (κ2) is 17.2. The summed E-state index contributed by atoms with van der Waals surface area (Å²) >= 11 is 16.2. The van der Waals surface area contributed by atoms with Crippen LogP contribution in [0.5, 0.6) is 0 Å². The normalized spacial score (nSPS) is 15.0. The van der Waals surface area contributed by atoms with E-state index < -0.39 is 0 Å². The number of hydrogen-bond donors (Lipinski definition) is 2. The smallest absolute Gasteiger partial charge is 0.246 e. The van der Waals surface area contributed by atoms with Gasteiger partial charge in [0, 0.05) is 123 Å². The summed E-state index contributed by atoms with van der Waals surface area (Å²) < 4.78 is 0. The molecule has 2 saturated heterocycles. The summed E-state index contributed by atoms with van der Waals surface area (Å²) in [4.78, 5) is 65.5. The summed E-state index contributed by atoms with van der Waals surface area (Å²) in [5.74, 6) is -0.234.